The maximum absolute atomic E-state index is 13.7. The van der Waals surface area contributed by atoms with Crippen LogP contribution in [0, 0.1) is 11.8 Å². The van der Waals surface area contributed by atoms with Gasteiger partial charge in [0.2, 0.25) is 5.91 Å². The molecule has 1 heterocycles. The van der Waals surface area contributed by atoms with Crippen molar-refractivity contribution in [2.24, 2.45) is 11.8 Å². The first-order valence-corrected chi connectivity index (χ1v) is 13.8. The van der Waals surface area contributed by atoms with Crippen LogP contribution in [0.5, 0.6) is 0 Å². The Balaban J connectivity index is 1.67. The van der Waals surface area contributed by atoms with Gasteiger partial charge in [-0.2, -0.15) is 0 Å². The highest BCUT2D eigenvalue weighted by molar-refractivity contribution is 6.00. The number of carbonyl (C=O) groups is 3. The summed E-state index contributed by atoms with van der Waals surface area (Å²) in [7, 11) is 6.86. The van der Waals surface area contributed by atoms with Crippen molar-refractivity contribution in [3.63, 3.8) is 0 Å². The van der Waals surface area contributed by atoms with Crippen molar-refractivity contribution in [2.45, 2.75) is 58.2 Å². The lowest BCUT2D eigenvalue weighted by molar-refractivity contribution is -0.134. The molecule has 3 amide bonds. The molecule has 1 aliphatic heterocycles. The van der Waals surface area contributed by atoms with Gasteiger partial charge in [-0.1, -0.05) is 57.0 Å². The van der Waals surface area contributed by atoms with Crippen LogP contribution in [0.3, 0.4) is 0 Å². The van der Waals surface area contributed by atoms with Crippen LogP contribution in [0.15, 0.2) is 42.5 Å². The maximum atomic E-state index is 13.7. The van der Waals surface area contributed by atoms with E-state index < -0.39 is 0 Å². The third-order valence-corrected chi connectivity index (χ3v) is 8.34. The lowest BCUT2D eigenvalue weighted by atomic mass is 9.86. The summed E-state index contributed by atoms with van der Waals surface area (Å²) in [5.41, 5.74) is 4.60. The smallest absolute Gasteiger partial charge is 0.253 e. The van der Waals surface area contributed by atoms with Crippen LogP contribution in [0.1, 0.15) is 64.1 Å². The quantitative estimate of drug-likeness (QED) is 0.580. The van der Waals surface area contributed by atoms with Gasteiger partial charge in [0.15, 0.2) is 0 Å². The molecule has 2 aliphatic rings. The number of benzene rings is 2. The summed E-state index contributed by atoms with van der Waals surface area (Å²) in [6.07, 6.45) is 3.75. The first kappa shape index (κ1) is 27.8. The second-order valence-corrected chi connectivity index (χ2v) is 11.3. The Bertz CT molecular complexity index is 1160. The van der Waals surface area contributed by atoms with E-state index in [9.17, 15) is 14.4 Å². The monoisotopic (exact) mass is 518 g/mol. The van der Waals surface area contributed by atoms with E-state index in [1.807, 2.05) is 6.07 Å². The molecule has 1 aliphatic carbocycles. The predicted octanol–water partition coefficient (Wildman–Crippen LogP) is 3.61. The van der Waals surface area contributed by atoms with Crippen molar-refractivity contribution < 1.29 is 14.4 Å². The number of nitrogens with one attached hydrogen (secondary N) is 1. The van der Waals surface area contributed by atoms with Crippen LogP contribution >= 0.6 is 0 Å². The molecule has 4 rings (SSSR count). The fourth-order valence-corrected chi connectivity index (χ4v) is 6.16. The molecule has 0 radical (unpaired) electrons. The SMILES string of the molecule is CCC(CC)[C@@H]1C(=O)N[C@H](C2Cc3ccccc3C2)CN1Cc1ccc(C(=O)N(C)C)cc1C(=O)N(C)C. The number of hydrogen-bond acceptors (Lipinski definition) is 4. The molecule has 204 valence electrons. The van der Waals surface area contributed by atoms with Gasteiger partial charge < -0.3 is 15.1 Å². The van der Waals surface area contributed by atoms with Gasteiger partial charge >= 0.3 is 0 Å². The van der Waals surface area contributed by atoms with Crippen LogP contribution < -0.4 is 5.32 Å². The molecule has 0 spiro atoms. The van der Waals surface area contributed by atoms with E-state index in [-0.39, 0.29) is 35.7 Å². The molecule has 7 nitrogen and oxygen atoms in total. The van der Waals surface area contributed by atoms with Gasteiger partial charge in [0.25, 0.3) is 11.8 Å². The van der Waals surface area contributed by atoms with Crippen LogP contribution in [-0.4, -0.2) is 79.2 Å². The highest BCUT2D eigenvalue weighted by Gasteiger charge is 2.42. The summed E-state index contributed by atoms with van der Waals surface area (Å²) in [6, 6.07) is 13.8. The van der Waals surface area contributed by atoms with Crippen molar-refractivity contribution in [1.29, 1.82) is 0 Å². The number of rotatable bonds is 8. The topological polar surface area (TPSA) is 73.0 Å². The van der Waals surface area contributed by atoms with E-state index in [2.05, 4.69) is 48.3 Å². The van der Waals surface area contributed by atoms with Crippen molar-refractivity contribution >= 4 is 17.7 Å². The van der Waals surface area contributed by atoms with Crippen LogP contribution in [0.2, 0.25) is 0 Å². The Labute approximate surface area is 227 Å². The van der Waals surface area contributed by atoms with Gasteiger partial charge in [0.1, 0.15) is 0 Å². The van der Waals surface area contributed by atoms with Crippen molar-refractivity contribution in [2.75, 3.05) is 34.7 Å². The van der Waals surface area contributed by atoms with Crippen molar-refractivity contribution in [1.82, 2.24) is 20.0 Å². The predicted molar refractivity (Wildman–Crippen MR) is 150 cm³/mol. The fraction of sp³-hybridized carbons (Fsp3) is 0.516. The Morgan fingerprint density at radius 1 is 0.947 bits per heavy atom. The molecule has 0 unspecified atom stereocenters. The number of carbonyl (C=O) groups excluding carboxylic acids is 3. The minimum atomic E-state index is -0.254. The number of fused-ring (bicyclic) bond motifs is 1. The maximum Gasteiger partial charge on any atom is 0.253 e. The second kappa shape index (κ2) is 11.7. The fourth-order valence-electron chi connectivity index (χ4n) is 6.16. The molecular weight excluding hydrogens is 476 g/mol. The van der Waals surface area contributed by atoms with E-state index in [0.717, 1.165) is 37.8 Å². The van der Waals surface area contributed by atoms with Gasteiger partial charge in [0.05, 0.1) is 6.04 Å². The zero-order valence-corrected chi connectivity index (χ0v) is 23.7. The lowest BCUT2D eigenvalue weighted by Gasteiger charge is -2.44. The third-order valence-electron chi connectivity index (χ3n) is 8.34. The van der Waals surface area contributed by atoms with Gasteiger partial charge in [-0.25, -0.2) is 0 Å². The summed E-state index contributed by atoms with van der Waals surface area (Å²) in [4.78, 5) is 44.9. The second-order valence-electron chi connectivity index (χ2n) is 11.3. The Hall–Kier alpha value is -3.19. The highest BCUT2D eigenvalue weighted by atomic mass is 16.2. The molecule has 2 aromatic carbocycles. The number of amides is 3. The molecule has 0 bridgehead atoms. The summed E-state index contributed by atoms with van der Waals surface area (Å²) in [5, 5.41) is 3.39. The number of nitrogens with zero attached hydrogens (tertiary/aromatic N) is 3. The molecule has 7 heteroatoms. The highest BCUT2D eigenvalue weighted by Crippen LogP contribution is 2.33. The largest absolute Gasteiger partial charge is 0.350 e. The minimum Gasteiger partial charge on any atom is -0.350 e. The molecule has 1 N–H and O–H groups in total. The number of piperazine rings is 1. The average molecular weight is 519 g/mol. The van der Waals surface area contributed by atoms with Gasteiger partial charge in [0, 0.05) is 58.4 Å². The molecular formula is C31H42N4O3. The van der Waals surface area contributed by atoms with Crippen molar-refractivity contribution in [3.8, 4) is 0 Å². The molecule has 1 fully saturated rings. The molecule has 2 atom stereocenters. The summed E-state index contributed by atoms with van der Waals surface area (Å²) >= 11 is 0. The molecule has 38 heavy (non-hydrogen) atoms. The molecule has 2 aromatic rings. The van der Waals surface area contributed by atoms with Crippen LogP contribution in [0.4, 0.5) is 0 Å². The van der Waals surface area contributed by atoms with E-state index in [4.69, 9.17) is 0 Å². The van der Waals surface area contributed by atoms with E-state index >= 15 is 0 Å². The summed E-state index contributed by atoms with van der Waals surface area (Å²) < 4.78 is 0. The van der Waals surface area contributed by atoms with Crippen LogP contribution in [-0.2, 0) is 24.2 Å². The Morgan fingerprint density at radius 3 is 2.11 bits per heavy atom. The first-order valence-electron chi connectivity index (χ1n) is 13.8. The van der Waals surface area contributed by atoms with Gasteiger partial charge in [-0.05, 0) is 53.5 Å². The normalized spacial score (nSPS) is 19.8. The van der Waals surface area contributed by atoms with E-state index in [1.165, 1.54) is 16.0 Å². The summed E-state index contributed by atoms with van der Waals surface area (Å²) in [6.45, 7) is 5.50. The Kier molecular flexibility index (Phi) is 8.56. The summed E-state index contributed by atoms with van der Waals surface area (Å²) in [5.74, 6) is 0.379. The Morgan fingerprint density at radius 2 is 1.55 bits per heavy atom. The van der Waals surface area contributed by atoms with Gasteiger partial charge in [-0.3, -0.25) is 19.3 Å². The lowest BCUT2D eigenvalue weighted by Crippen LogP contribution is -2.63. The van der Waals surface area contributed by atoms with Gasteiger partial charge in [-0.15, -0.1) is 0 Å². The average Bonchev–Trinajstić information content (AvgIpc) is 3.34. The van der Waals surface area contributed by atoms with E-state index in [1.54, 1.807) is 45.2 Å². The van der Waals surface area contributed by atoms with Crippen LogP contribution in [0.25, 0.3) is 0 Å². The molecule has 0 saturated carbocycles. The number of hydrogen-bond donors (Lipinski definition) is 1. The zero-order valence-electron chi connectivity index (χ0n) is 23.7. The zero-order chi connectivity index (χ0) is 27.6. The standard InChI is InChI=1S/C31H42N4O3/c1-7-20(8-2)28-29(36)32-27(25-15-21-11-9-10-12-22(21)16-25)19-35(28)18-24-14-13-23(30(37)33(3)4)17-26(24)31(38)34(5)6/h9-14,17,20,25,27-28H,7-8,15-16,18-19H2,1-6H3,(H,32,36)/t27-,28+/m0/s1. The molecule has 0 aromatic heterocycles. The van der Waals surface area contributed by atoms with Crippen molar-refractivity contribution in [3.05, 3.63) is 70.3 Å². The van der Waals surface area contributed by atoms with E-state index in [0.29, 0.717) is 23.6 Å². The first-order chi connectivity index (χ1) is 18.1. The minimum absolute atomic E-state index is 0.0445. The third kappa shape index (κ3) is 5.63. The molecule has 1 saturated heterocycles.